The van der Waals surface area contributed by atoms with Crippen molar-refractivity contribution in [3.63, 3.8) is 0 Å². The van der Waals surface area contributed by atoms with Crippen LogP contribution in [-0.2, 0) is 0 Å². The Bertz CT molecular complexity index is 726. The van der Waals surface area contributed by atoms with Crippen LogP contribution in [-0.4, -0.2) is 40.0 Å². The second-order valence-corrected chi connectivity index (χ2v) is 6.14. The first kappa shape index (κ1) is 16.4. The van der Waals surface area contributed by atoms with Gasteiger partial charge in [-0.3, -0.25) is 4.79 Å². The van der Waals surface area contributed by atoms with Crippen molar-refractivity contribution in [2.45, 2.75) is 32.8 Å². The Morgan fingerprint density at radius 3 is 2.46 bits per heavy atom. The number of ether oxygens (including phenoxy) is 1. The zero-order chi connectivity index (χ0) is 17.1. The quantitative estimate of drug-likeness (QED) is 0.869. The Kier molecular flexibility index (Phi) is 4.74. The number of amides is 1. The maximum atomic E-state index is 14.0. The third-order valence-corrected chi connectivity index (χ3v) is 4.11. The van der Waals surface area contributed by atoms with E-state index in [9.17, 15) is 9.18 Å². The van der Waals surface area contributed by atoms with Gasteiger partial charge >= 0.3 is 6.01 Å². The van der Waals surface area contributed by atoms with Gasteiger partial charge in [-0.15, -0.1) is 0 Å². The van der Waals surface area contributed by atoms with Gasteiger partial charge in [0.05, 0.1) is 5.56 Å². The average molecular weight is 329 g/mol. The van der Waals surface area contributed by atoms with Crippen molar-refractivity contribution in [2.24, 2.45) is 0 Å². The third kappa shape index (κ3) is 3.69. The first-order chi connectivity index (χ1) is 11.5. The molecule has 126 valence electrons. The normalized spacial score (nSPS) is 15.4. The summed E-state index contributed by atoms with van der Waals surface area (Å²) in [6.07, 6.45) is 4.74. The predicted octanol–water partition coefficient (Wildman–Crippen LogP) is 2.92. The van der Waals surface area contributed by atoms with Crippen molar-refractivity contribution in [1.82, 2.24) is 14.9 Å². The number of benzene rings is 1. The third-order valence-electron chi connectivity index (χ3n) is 4.11. The van der Waals surface area contributed by atoms with Gasteiger partial charge in [-0.1, -0.05) is 6.07 Å². The number of carbonyl (C=O) groups is 1. The first-order valence-corrected chi connectivity index (χ1v) is 8.03. The fraction of sp³-hybridized carbons (Fsp3) is 0.389. The summed E-state index contributed by atoms with van der Waals surface area (Å²) in [5.41, 5.74) is 1.90. The zero-order valence-electron chi connectivity index (χ0n) is 13.8. The minimum Gasteiger partial charge on any atom is -0.460 e. The number of halogens is 1. The Morgan fingerprint density at radius 2 is 1.83 bits per heavy atom. The lowest BCUT2D eigenvalue weighted by atomic mass is 10.1. The van der Waals surface area contributed by atoms with Crippen molar-refractivity contribution >= 4 is 5.91 Å². The smallest absolute Gasteiger partial charge is 0.316 e. The molecular weight excluding hydrogens is 309 g/mol. The SMILES string of the molecule is Cc1cnc(OC2CCN(C(=O)c3ccc(C)cc3F)CC2)nc1. The minimum absolute atomic E-state index is 0.0281. The summed E-state index contributed by atoms with van der Waals surface area (Å²) in [7, 11) is 0. The van der Waals surface area contributed by atoms with Crippen molar-refractivity contribution in [2.75, 3.05) is 13.1 Å². The molecule has 6 heteroatoms. The number of hydrogen-bond acceptors (Lipinski definition) is 4. The van der Waals surface area contributed by atoms with E-state index in [4.69, 9.17) is 4.74 Å². The van der Waals surface area contributed by atoms with Crippen molar-refractivity contribution in [1.29, 1.82) is 0 Å². The number of carbonyl (C=O) groups excluding carboxylic acids is 1. The molecule has 1 aromatic heterocycles. The number of piperidine rings is 1. The van der Waals surface area contributed by atoms with Gasteiger partial charge in [0.2, 0.25) is 0 Å². The molecular formula is C18H20FN3O2. The molecule has 2 heterocycles. The molecule has 1 amide bonds. The van der Waals surface area contributed by atoms with Crippen molar-refractivity contribution < 1.29 is 13.9 Å². The average Bonchev–Trinajstić information content (AvgIpc) is 2.57. The Morgan fingerprint density at radius 1 is 1.17 bits per heavy atom. The van der Waals surface area contributed by atoms with Crippen LogP contribution in [0, 0.1) is 19.7 Å². The molecule has 3 rings (SSSR count). The zero-order valence-corrected chi connectivity index (χ0v) is 13.8. The molecule has 0 bridgehead atoms. The number of aromatic nitrogens is 2. The highest BCUT2D eigenvalue weighted by atomic mass is 19.1. The Labute approximate surface area is 140 Å². The summed E-state index contributed by atoms with van der Waals surface area (Å²) in [6, 6.07) is 5.05. The van der Waals surface area contributed by atoms with Gasteiger partial charge < -0.3 is 9.64 Å². The molecule has 1 saturated heterocycles. The lowest BCUT2D eigenvalue weighted by Gasteiger charge is -2.31. The maximum absolute atomic E-state index is 14.0. The van der Waals surface area contributed by atoms with E-state index in [1.54, 1.807) is 36.4 Å². The number of aryl methyl sites for hydroxylation is 2. The number of rotatable bonds is 3. The number of hydrogen-bond donors (Lipinski definition) is 0. The van der Waals surface area contributed by atoms with Crippen LogP contribution in [0.4, 0.5) is 4.39 Å². The summed E-state index contributed by atoms with van der Waals surface area (Å²) in [5, 5.41) is 0. The first-order valence-electron chi connectivity index (χ1n) is 8.03. The van der Waals surface area contributed by atoms with Crippen LogP contribution < -0.4 is 4.74 Å². The van der Waals surface area contributed by atoms with E-state index < -0.39 is 5.82 Å². The second-order valence-electron chi connectivity index (χ2n) is 6.14. The molecule has 2 aromatic rings. The summed E-state index contributed by atoms with van der Waals surface area (Å²) >= 11 is 0. The van der Waals surface area contributed by atoms with Gasteiger partial charge in [0.15, 0.2) is 0 Å². The van der Waals surface area contributed by atoms with Crippen LogP contribution in [0.3, 0.4) is 0 Å². The van der Waals surface area contributed by atoms with E-state index in [0.717, 1.165) is 11.1 Å². The van der Waals surface area contributed by atoms with E-state index in [2.05, 4.69) is 9.97 Å². The molecule has 0 aliphatic carbocycles. The fourth-order valence-electron chi connectivity index (χ4n) is 2.73. The molecule has 0 radical (unpaired) electrons. The second kappa shape index (κ2) is 6.95. The van der Waals surface area contributed by atoms with Crippen LogP contribution in [0.15, 0.2) is 30.6 Å². The van der Waals surface area contributed by atoms with E-state index in [1.165, 1.54) is 6.07 Å². The highest BCUT2D eigenvalue weighted by molar-refractivity contribution is 5.94. The molecule has 1 aliphatic rings. The van der Waals surface area contributed by atoms with Gasteiger partial charge in [0.25, 0.3) is 5.91 Å². The van der Waals surface area contributed by atoms with Crippen molar-refractivity contribution in [3.8, 4) is 6.01 Å². The molecule has 0 spiro atoms. The summed E-state index contributed by atoms with van der Waals surface area (Å²) in [5.74, 6) is -0.732. The summed E-state index contributed by atoms with van der Waals surface area (Å²) < 4.78 is 19.7. The monoisotopic (exact) mass is 329 g/mol. The van der Waals surface area contributed by atoms with Gasteiger partial charge in [-0.05, 0) is 37.1 Å². The summed E-state index contributed by atoms with van der Waals surface area (Å²) in [6.45, 7) is 4.77. The topological polar surface area (TPSA) is 55.3 Å². The van der Waals surface area contributed by atoms with E-state index in [0.29, 0.717) is 31.9 Å². The largest absolute Gasteiger partial charge is 0.460 e. The van der Waals surface area contributed by atoms with Gasteiger partial charge in [0.1, 0.15) is 11.9 Å². The molecule has 0 unspecified atom stereocenters. The minimum atomic E-state index is -0.466. The highest BCUT2D eigenvalue weighted by Gasteiger charge is 2.26. The van der Waals surface area contributed by atoms with Gasteiger partial charge in [-0.25, -0.2) is 14.4 Å². The molecule has 1 fully saturated rings. The molecule has 1 aliphatic heterocycles. The molecule has 1 aromatic carbocycles. The lowest BCUT2D eigenvalue weighted by molar-refractivity contribution is 0.0574. The van der Waals surface area contributed by atoms with Crippen LogP contribution >= 0.6 is 0 Å². The van der Waals surface area contributed by atoms with Crippen molar-refractivity contribution in [3.05, 3.63) is 53.1 Å². The molecule has 0 N–H and O–H groups in total. The lowest BCUT2D eigenvalue weighted by Crippen LogP contribution is -2.42. The predicted molar refractivity (Wildman–Crippen MR) is 87.5 cm³/mol. The molecule has 5 nitrogen and oxygen atoms in total. The fourth-order valence-corrected chi connectivity index (χ4v) is 2.73. The standard InChI is InChI=1S/C18H20FN3O2/c1-12-3-4-15(16(19)9-12)17(23)22-7-5-14(6-8-22)24-18-20-10-13(2)11-21-18/h3-4,9-11,14H,5-8H2,1-2H3. The summed E-state index contributed by atoms with van der Waals surface area (Å²) in [4.78, 5) is 22.4. The Hall–Kier alpha value is -2.50. The molecule has 0 atom stereocenters. The highest BCUT2D eigenvalue weighted by Crippen LogP contribution is 2.19. The molecule has 24 heavy (non-hydrogen) atoms. The van der Waals surface area contributed by atoms with E-state index in [-0.39, 0.29) is 17.6 Å². The van der Waals surface area contributed by atoms with Crippen LogP contribution in [0.25, 0.3) is 0 Å². The molecule has 0 saturated carbocycles. The van der Waals surface area contributed by atoms with E-state index in [1.807, 2.05) is 6.92 Å². The van der Waals surface area contributed by atoms with Gasteiger partial charge in [-0.2, -0.15) is 0 Å². The van der Waals surface area contributed by atoms with Crippen LogP contribution in [0.2, 0.25) is 0 Å². The van der Waals surface area contributed by atoms with Crippen LogP contribution in [0.5, 0.6) is 6.01 Å². The van der Waals surface area contributed by atoms with E-state index >= 15 is 0 Å². The number of likely N-dealkylation sites (tertiary alicyclic amines) is 1. The van der Waals surface area contributed by atoms with Gasteiger partial charge in [0, 0.05) is 38.3 Å². The Balaban J connectivity index is 1.58. The number of nitrogens with zero attached hydrogens (tertiary/aromatic N) is 3. The van der Waals surface area contributed by atoms with Crippen LogP contribution in [0.1, 0.15) is 34.3 Å². The maximum Gasteiger partial charge on any atom is 0.316 e.